The fraction of sp³-hybridized carbons (Fsp3) is 0.615. The van der Waals surface area contributed by atoms with Crippen LogP contribution in [0.5, 0.6) is 0 Å². The lowest BCUT2D eigenvalue weighted by molar-refractivity contribution is -0.143. The van der Waals surface area contributed by atoms with Crippen LogP contribution in [0.1, 0.15) is 36.7 Å². The van der Waals surface area contributed by atoms with Crippen molar-refractivity contribution in [3.8, 4) is 0 Å². The van der Waals surface area contributed by atoms with Crippen molar-refractivity contribution >= 4 is 11.9 Å². The highest BCUT2D eigenvalue weighted by atomic mass is 19.4. The van der Waals surface area contributed by atoms with E-state index in [1.807, 2.05) is 0 Å². The van der Waals surface area contributed by atoms with Gasteiger partial charge in [-0.3, -0.25) is 14.3 Å². The first-order valence-electron chi connectivity index (χ1n) is 6.58. The number of aliphatic carboxylic acids is 1. The number of rotatable bonds is 5. The molecule has 0 aliphatic rings. The van der Waals surface area contributed by atoms with Crippen molar-refractivity contribution in [1.82, 2.24) is 15.1 Å². The number of hydrogen-bond acceptors (Lipinski definition) is 3. The topological polar surface area (TPSA) is 84.2 Å². The largest absolute Gasteiger partial charge is 0.480 e. The molecule has 0 aliphatic heterocycles. The minimum absolute atomic E-state index is 0.237. The van der Waals surface area contributed by atoms with Crippen molar-refractivity contribution in [3.63, 3.8) is 0 Å². The molecule has 1 heterocycles. The van der Waals surface area contributed by atoms with Gasteiger partial charge in [0.25, 0.3) is 0 Å². The summed E-state index contributed by atoms with van der Waals surface area (Å²) in [5.74, 6) is -2.57. The number of carboxylic acids is 1. The van der Waals surface area contributed by atoms with Crippen molar-refractivity contribution < 1.29 is 27.9 Å². The van der Waals surface area contributed by atoms with Crippen molar-refractivity contribution in [2.45, 2.75) is 52.4 Å². The molecule has 0 radical (unpaired) electrons. The lowest BCUT2D eigenvalue weighted by Gasteiger charge is -2.16. The molecule has 22 heavy (non-hydrogen) atoms. The molecule has 0 aromatic carbocycles. The molecule has 2 N–H and O–H groups in total. The number of carboxylic acid groups (broad SMARTS) is 1. The number of aryl methyl sites for hydroxylation is 1. The number of alkyl halides is 3. The molecule has 1 aromatic rings. The third-order valence-corrected chi connectivity index (χ3v) is 3.32. The van der Waals surface area contributed by atoms with Crippen molar-refractivity contribution in [2.24, 2.45) is 0 Å². The molecule has 2 atom stereocenters. The number of carbonyl (C=O) groups excluding carboxylic acids is 1. The summed E-state index contributed by atoms with van der Waals surface area (Å²) in [7, 11) is 0. The maximum atomic E-state index is 12.5. The number of nitrogens with one attached hydrogen (secondary N) is 1. The van der Waals surface area contributed by atoms with Crippen LogP contribution < -0.4 is 5.32 Å². The first-order chi connectivity index (χ1) is 9.94. The molecule has 1 rings (SSSR count). The number of aromatic nitrogens is 2. The molecule has 6 nitrogen and oxygen atoms in total. The molecule has 0 fully saturated rings. The van der Waals surface area contributed by atoms with E-state index in [1.165, 1.54) is 27.7 Å². The van der Waals surface area contributed by atoms with Gasteiger partial charge in [0.15, 0.2) is 0 Å². The van der Waals surface area contributed by atoms with E-state index in [9.17, 15) is 22.8 Å². The first kappa shape index (κ1) is 18.0. The molecule has 0 saturated carbocycles. The molecule has 0 aliphatic carbocycles. The maximum Gasteiger partial charge on any atom is 0.408 e. The number of carbonyl (C=O) groups is 2. The Kier molecular flexibility index (Phi) is 5.21. The Morgan fingerprint density at radius 2 is 1.86 bits per heavy atom. The quantitative estimate of drug-likeness (QED) is 0.865. The van der Waals surface area contributed by atoms with Crippen LogP contribution in [0.2, 0.25) is 0 Å². The van der Waals surface area contributed by atoms with Gasteiger partial charge in [-0.05, 0) is 27.7 Å². The van der Waals surface area contributed by atoms with E-state index < -0.39 is 36.6 Å². The second-order valence-corrected chi connectivity index (χ2v) is 5.15. The Hall–Kier alpha value is -2.06. The molecule has 0 saturated heterocycles. The Balaban J connectivity index is 3.01. The van der Waals surface area contributed by atoms with Gasteiger partial charge in [-0.1, -0.05) is 0 Å². The summed E-state index contributed by atoms with van der Waals surface area (Å²) in [4.78, 5) is 22.8. The van der Waals surface area contributed by atoms with Crippen LogP contribution in [-0.2, 0) is 16.1 Å². The maximum absolute atomic E-state index is 12.5. The minimum Gasteiger partial charge on any atom is -0.480 e. The Morgan fingerprint density at radius 1 is 1.32 bits per heavy atom. The predicted octanol–water partition coefficient (Wildman–Crippen LogP) is 1.76. The van der Waals surface area contributed by atoms with E-state index in [1.54, 1.807) is 0 Å². The van der Waals surface area contributed by atoms with Gasteiger partial charge in [0, 0.05) is 11.3 Å². The Labute approximate surface area is 125 Å². The third-order valence-electron chi connectivity index (χ3n) is 3.32. The van der Waals surface area contributed by atoms with Gasteiger partial charge >= 0.3 is 12.1 Å². The van der Waals surface area contributed by atoms with E-state index in [4.69, 9.17) is 5.11 Å². The number of nitrogens with zero attached hydrogens (tertiary/aromatic N) is 2. The van der Waals surface area contributed by atoms with Crippen LogP contribution in [0.4, 0.5) is 13.2 Å². The van der Waals surface area contributed by atoms with E-state index in [0.717, 1.165) is 4.68 Å². The fourth-order valence-electron chi connectivity index (χ4n) is 2.19. The SMILES string of the molecule is Cc1nn(CC(F)(F)F)c(C)c1C(C)C(=O)NC(C)C(=O)O. The van der Waals surface area contributed by atoms with Crippen LogP contribution in [-0.4, -0.2) is 39.0 Å². The molecule has 0 spiro atoms. The van der Waals surface area contributed by atoms with E-state index in [-0.39, 0.29) is 5.69 Å². The summed E-state index contributed by atoms with van der Waals surface area (Å²) in [5.41, 5.74) is 0.923. The van der Waals surface area contributed by atoms with Gasteiger partial charge in [0.1, 0.15) is 12.6 Å². The van der Waals surface area contributed by atoms with E-state index in [0.29, 0.717) is 11.3 Å². The molecule has 2 unspecified atom stereocenters. The van der Waals surface area contributed by atoms with Crippen LogP contribution in [0.15, 0.2) is 0 Å². The average molecular weight is 321 g/mol. The summed E-state index contributed by atoms with van der Waals surface area (Å²) in [6.45, 7) is 4.53. The number of hydrogen-bond donors (Lipinski definition) is 2. The summed E-state index contributed by atoms with van der Waals surface area (Å²) < 4.78 is 38.2. The molecule has 124 valence electrons. The van der Waals surface area contributed by atoms with Crippen molar-refractivity contribution in [2.75, 3.05) is 0 Å². The predicted molar refractivity (Wildman–Crippen MR) is 71.4 cm³/mol. The van der Waals surface area contributed by atoms with Gasteiger partial charge in [0.05, 0.1) is 11.6 Å². The molecule has 1 aromatic heterocycles. The van der Waals surface area contributed by atoms with E-state index in [2.05, 4.69) is 10.4 Å². The molecule has 9 heteroatoms. The zero-order valence-corrected chi connectivity index (χ0v) is 12.7. The minimum atomic E-state index is -4.41. The highest BCUT2D eigenvalue weighted by Gasteiger charge is 2.32. The second-order valence-electron chi connectivity index (χ2n) is 5.15. The Morgan fingerprint density at radius 3 is 2.32 bits per heavy atom. The molecular formula is C13H18F3N3O3. The van der Waals surface area contributed by atoms with E-state index >= 15 is 0 Å². The molecular weight excluding hydrogens is 303 g/mol. The van der Waals surface area contributed by atoms with Gasteiger partial charge < -0.3 is 10.4 Å². The summed E-state index contributed by atoms with van der Waals surface area (Å²) in [5, 5.41) is 14.9. The lowest BCUT2D eigenvalue weighted by Crippen LogP contribution is -2.40. The average Bonchev–Trinajstić information content (AvgIpc) is 2.61. The third kappa shape index (κ3) is 4.22. The monoisotopic (exact) mass is 321 g/mol. The van der Waals surface area contributed by atoms with Gasteiger partial charge in [0.2, 0.25) is 5.91 Å². The molecule has 0 bridgehead atoms. The first-order valence-corrected chi connectivity index (χ1v) is 6.58. The number of halogens is 3. The second kappa shape index (κ2) is 6.37. The summed E-state index contributed by atoms with van der Waals surface area (Å²) in [6.07, 6.45) is -4.41. The van der Waals surface area contributed by atoms with Crippen LogP contribution in [0.25, 0.3) is 0 Å². The highest BCUT2D eigenvalue weighted by Crippen LogP contribution is 2.26. The van der Waals surface area contributed by atoms with Crippen LogP contribution >= 0.6 is 0 Å². The zero-order chi connectivity index (χ0) is 17.2. The highest BCUT2D eigenvalue weighted by molar-refractivity contribution is 5.88. The van der Waals surface area contributed by atoms with Gasteiger partial charge in [-0.2, -0.15) is 18.3 Å². The number of amides is 1. The standard InChI is InChI=1S/C13H18F3N3O3/c1-6(11(20)17-8(3)12(21)22)10-7(2)18-19(9(10)4)5-13(14,15)16/h6,8H,5H2,1-4H3,(H,17,20)(H,21,22). The smallest absolute Gasteiger partial charge is 0.408 e. The van der Waals surface area contributed by atoms with Crippen molar-refractivity contribution in [1.29, 1.82) is 0 Å². The molecule has 1 amide bonds. The lowest BCUT2D eigenvalue weighted by atomic mass is 9.98. The zero-order valence-electron chi connectivity index (χ0n) is 12.7. The van der Waals surface area contributed by atoms with Gasteiger partial charge in [-0.15, -0.1) is 0 Å². The van der Waals surface area contributed by atoms with Crippen LogP contribution in [0, 0.1) is 13.8 Å². The van der Waals surface area contributed by atoms with Crippen LogP contribution in [0.3, 0.4) is 0 Å². The normalized spacial score (nSPS) is 14.5. The van der Waals surface area contributed by atoms with Crippen molar-refractivity contribution in [3.05, 3.63) is 17.0 Å². The summed E-state index contributed by atoms with van der Waals surface area (Å²) >= 11 is 0. The van der Waals surface area contributed by atoms with Gasteiger partial charge in [-0.25, -0.2) is 0 Å². The fourth-order valence-corrected chi connectivity index (χ4v) is 2.19. The Bertz CT molecular complexity index is 581. The summed E-state index contributed by atoms with van der Waals surface area (Å²) in [6, 6.07) is -1.08.